The second-order valence-electron chi connectivity index (χ2n) is 4.35. The average molecular weight is 273 g/mol. The minimum absolute atomic E-state index is 0.409. The summed E-state index contributed by atoms with van der Waals surface area (Å²) in [5.74, 6) is 2.39. The summed E-state index contributed by atoms with van der Waals surface area (Å²) in [5, 5.41) is 3.88. The van der Waals surface area contributed by atoms with Crippen LogP contribution in [0, 0.1) is 5.92 Å². The molecule has 18 heavy (non-hydrogen) atoms. The number of thioether (sulfide) groups is 1. The van der Waals surface area contributed by atoms with Crippen molar-refractivity contribution in [1.82, 2.24) is 10.1 Å². The first-order chi connectivity index (χ1) is 8.52. The van der Waals surface area contributed by atoms with E-state index in [0.29, 0.717) is 23.3 Å². The molecule has 0 aliphatic heterocycles. The maximum absolute atomic E-state index is 11.1. The van der Waals surface area contributed by atoms with Crippen LogP contribution < -0.4 is 5.73 Å². The number of esters is 1. The van der Waals surface area contributed by atoms with E-state index in [1.54, 1.807) is 0 Å². The van der Waals surface area contributed by atoms with Gasteiger partial charge in [0.25, 0.3) is 0 Å². The van der Waals surface area contributed by atoms with Gasteiger partial charge in [0.05, 0.1) is 12.9 Å². The van der Waals surface area contributed by atoms with Gasteiger partial charge < -0.3 is 15.0 Å². The molecule has 1 unspecified atom stereocenters. The molecule has 1 aromatic rings. The van der Waals surface area contributed by atoms with E-state index in [1.165, 1.54) is 18.9 Å². The van der Waals surface area contributed by atoms with E-state index in [1.807, 2.05) is 0 Å². The Balaban J connectivity index is 2.31. The fourth-order valence-electron chi connectivity index (χ4n) is 1.29. The summed E-state index contributed by atoms with van der Waals surface area (Å²) in [4.78, 5) is 15.3. The van der Waals surface area contributed by atoms with E-state index in [4.69, 9.17) is 10.3 Å². The molecule has 0 bridgehead atoms. The second kappa shape index (κ2) is 7.38. The Bertz CT molecular complexity index is 381. The van der Waals surface area contributed by atoms with Crippen molar-refractivity contribution in [2.45, 2.75) is 32.1 Å². The molecule has 0 aliphatic rings. The van der Waals surface area contributed by atoms with Crippen LogP contribution in [0.3, 0.4) is 0 Å². The molecule has 0 aliphatic carbocycles. The first-order valence-electron chi connectivity index (χ1n) is 5.75. The largest absolute Gasteiger partial charge is 0.468 e. The molecule has 2 N–H and O–H groups in total. The van der Waals surface area contributed by atoms with E-state index in [2.05, 4.69) is 28.7 Å². The van der Waals surface area contributed by atoms with E-state index in [-0.39, 0.29) is 0 Å². The van der Waals surface area contributed by atoms with Crippen LogP contribution in [0.4, 0.5) is 0 Å². The van der Waals surface area contributed by atoms with Crippen LogP contribution in [0.25, 0.3) is 0 Å². The molecule has 0 saturated heterocycles. The molecule has 7 heteroatoms. The van der Waals surface area contributed by atoms with Crippen molar-refractivity contribution in [3.05, 3.63) is 11.7 Å². The fraction of sp³-hybridized carbons (Fsp3) is 0.727. The van der Waals surface area contributed by atoms with Crippen molar-refractivity contribution >= 4 is 17.7 Å². The molecule has 0 amide bonds. The molecule has 0 aromatic carbocycles. The van der Waals surface area contributed by atoms with Crippen LogP contribution in [0.2, 0.25) is 0 Å². The van der Waals surface area contributed by atoms with Gasteiger partial charge in [0, 0.05) is 12.2 Å². The van der Waals surface area contributed by atoms with Gasteiger partial charge in [-0.3, -0.25) is 4.79 Å². The van der Waals surface area contributed by atoms with Crippen molar-refractivity contribution in [1.29, 1.82) is 0 Å². The summed E-state index contributed by atoms with van der Waals surface area (Å²) < 4.78 is 9.63. The molecular weight excluding hydrogens is 254 g/mol. The van der Waals surface area contributed by atoms with Gasteiger partial charge >= 0.3 is 5.97 Å². The highest BCUT2D eigenvalue weighted by Gasteiger charge is 2.14. The lowest BCUT2D eigenvalue weighted by Crippen LogP contribution is -2.33. The third kappa shape index (κ3) is 5.05. The average Bonchev–Trinajstić information content (AvgIpc) is 2.74. The Morgan fingerprint density at radius 1 is 1.56 bits per heavy atom. The van der Waals surface area contributed by atoms with Crippen LogP contribution in [0.15, 0.2) is 4.52 Å². The Hall–Kier alpha value is -1.08. The maximum Gasteiger partial charge on any atom is 0.323 e. The summed E-state index contributed by atoms with van der Waals surface area (Å²) in [6.45, 7) is 4.19. The highest BCUT2D eigenvalue weighted by atomic mass is 32.2. The number of ether oxygens (including phenoxy) is 1. The van der Waals surface area contributed by atoms with Gasteiger partial charge in [-0.25, -0.2) is 0 Å². The molecule has 102 valence electrons. The van der Waals surface area contributed by atoms with Crippen LogP contribution in [0.5, 0.6) is 0 Å². The summed E-state index contributed by atoms with van der Waals surface area (Å²) in [7, 11) is 1.32. The zero-order chi connectivity index (χ0) is 13.5. The van der Waals surface area contributed by atoms with Crippen molar-refractivity contribution in [2.75, 3.05) is 12.9 Å². The predicted octanol–water partition coefficient (Wildman–Crippen LogP) is 1.00. The first kappa shape index (κ1) is 15.0. The molecule has 0 fully saturated rings. The van der Waals surface area contributed by atoms with Crippen LogP contribution in [-0.2, 0) is 21.7 Å². The number of carbonyl (C=O) groups excluding carboxylic acids is 1. The topological polar surface area (TPSA) is 91.2 Å². The van der Waals surface area contributed by atoms with Gasteiger partial charge in [-0.2, -0.15) is 4.98 Å². The molecule has 1 rings (SSSR count). The van der Waals surface area contributed by atoms with Crippen molar-refractivity contribution in [3.8, 4) is 0 Å². The standard InChI is InChI=1S/C11H19N3O3S/c1-7(2)4-9-13-10(17-14-9)6-18-5-8(12)11(15)16-3/h7-8H,4-6,12H2,1-3H3. The Kier molecular flexibility index (Phi) is 6.14. The SMILES string of the molecule is COC(=O)C(N)CSCc1nc(CC(C)C)no1. The van der Waals surface area contributed by atoms with E-state index in [0.717, 1.165) is 12.2 Å². The molecule has 6 nitrogen and oxygen atoms in total. The number of rotatable bonds is 7. The normalized spacial score (nSPS) is 12.7. The number of hydrogen-bond acceptors (Lipinski definition) is 7. The minimum Gasteiger partial charge on any atom is -0.468 e. The van der Waals surface area contributed by atoms with Gasteiger partial charge in [0.1, 0.15) is 6.04 Å². The quantitative estimate of drug-likeness (QED) is 0.741. The first-order valence-corrected chi connectivity index (χ1v) is 6.91. The van der Waals surface area contributed by atoms with Gasteiger partial charge in [0.2, 0.25) is 5.89 Å². The lowest BCUT2D eigenvalue weighted by Gasteiger charge is -2.06. The number of methoxy groups -OCH3 is 1. The van der Waals surface area contributed by atoms with Crippen LogP contribution in [0.1, 0.15) is 25.6 Å². The van der Waals surface area contributed by atoms with E-state index < -0.39 is 12.0 Å². The predicted molar refractivity (Wildman–Crippen MR) is 69.0 cm³/mol. The molecule has 1 heterocycles. The van der Waals surface area contributed by atoms with Gasteiger partial charge in [-0.1, -0.05) is 19.0 Å². The maximum atomic E-state index is 11.1. The Morgan fingerprint density at radius 2 is 2.28 bits per heavy atom. The van der Waals surface area contributed by atoms with E-state index in [9.17, 15) is 4.79 Å². The molecule has 0 spiro atoms. The number of carbonyl (C=O) groups is 1. The zero-order valence-electron chi connectivity index (χ0n) is 10.9. The fourth-order valence-corrected chi connectivity index (χ4v) is 2.09. The van der Waals surface area contributed by atoms with Gasteiger partial charge in [-0.15, -0.1) is 11.8 Å². The highest BCUT2D eigenvalue weighted by molar-refractivity contribution is 7.98. The van der Waals surface area contributed by atoms with Crippen LogP contribution in [-0.4, -0.2) is 35.0 Å². The van der Waals surface area contributed by atoms with Gasteiger partial charge in [-0.05, 0) is 5.92 Å². The summed E-state index contributed by atoms with van der Waals surface area (Å²) in [5.41, 5.74) is 5.60. The number of nitrogens with two attached hydrogens (primary N) is 1. The highest BCUT2D eigenvalue weighted by Crippen LogP contribution is 2.12. The molecule has 1 atom stereocenters. The minimum atomic E-state index is -0.613. The number of nitrogens with zero attached hydrogens (tertiary/aromatic N) is 2. The van der Waals surface area contributed by atoms with E-state index >= 15 is 0 Å². The smallest absolute Gasteiger partial charge is 0.323 e. The van der Waals surface area contributed by atoms with Crippen molar-refractivity contribution in [3.63, 3.8) is 0 Å². The Labute approximate surface area is 111 Å². The zero-order valence-corrected chi connectivity index (χ0v) is 11.7. The van der Waals surface area contributed by atoms with Gasteiger partial charge in [0.15, 0.2) is 5.82 Å². The molecule has 1 aromatic heterocycles. The Morgan fingerprint density at radius 3 is 2.89 bits per heavy atom. The summed E-state index contributed by atoms with van der Waals surface area (Å²) in [6.07, 6.45) is 0.801. The van der Waals surface area contributed by atoms with Crippen LogP contribution >= 0.6 is 11.8 Å². The number of aromatic nitrogens is 2. The summed E-state index contributed by atoms with van der Waals surface area (Å²) in [6, 6.07) is -0.613. The molecule has 0 saturated carbocycles. The van der Waals surface area contributed by atoms with Crippen molar-refractivity contribution < 1.29 is 14.1 Å². The second-order valence-corrected chi connectivity index (χ2v) is 5.38. The third-order valence-electron chi connectivity index (χ3n) is 2.13. The molecular formula is C11H19N3O3S. The third-order valence-corrected chi connectivity index (χ3v) is 3.17. The number of hydrogen-bond donors (Lipinski definition) is 1. The lowest BCUT2D eigenvalue weighted by atomic mass is 10.1. The lowest BCUT2D eigenvalue weighted by molar-refractivity contribution is -0.141. The monoisotopic (exact) mass is 273 g/mol. The summed E-state index contributed by atoms with van der Waals surface area (Å²) >= 11 is 1.47. The molecule has 0 radical (unpaired) electrons. The van der Waals surface area contributed by atoms with Crippen molar-refractivity contribution in [2.24, 2.45) is 11.7 Å².